The second-order valence-corrected chi connectivity index (χ2v) is 9.45. The number of hydrogen-bond acceptors (Lipinski definition) is 5. The molecule has 2 heterocycles. The Morgan fingerprint density at radius 1 is 1.22 bits per heavy atom. The fourth-order valence-corrected chi connectivity index (χ4v) is 3.71. The van der Waals surface area contributed by atoms with E-state index < -0.39 is 21.7 Å². The first-order valence-corrected chi connectivity index (χ1v) is 10.3. The van der Waals surface area contributed by atoms with Crippen LogP contribution in [-0.4, -0.2) is 29.5 Å². The predicted molar refractivity (Wildman–Crippen MR) is 105 cm³/mol. The van der Waals surface area contributed by atoms with E-state index in [2.05, 4.69) is 20.9 Å². The topological polar surface area (TPSA) is 89.8 Å². The molecule has 0 atom stereocenters. The van der Waals surface area contributed by atoms with Crippen LogP contribution in [0.3, 0.4) is 0 Å². The van der Waals surface area contributed by atoms with Gasteiger partial charge in [0.05, 0.1) is 16.8 Å². The van der Waals surface area contributed by atoms with Gasteiger partial charge >= 0.3 is 6.09 Å². The van der Waals surface area contributed by atoms with Crippen molar-refractivity contribution >= 4 is 37.7 Å². The summed E-state index contributed by atoms with van der Waals surface area (Å²) in [5, 5.41) is 0. The van der Waals surface area contributed by atoms with Crippen LogP contribution in [0.4, 0.5) is 4.79 Å². The minimum absolute atomic E-state index is 0.0456. The van der Waals surface area contributed by atoms with Crippen LogP contribution in [0.2, 0.25) is 0 Å². The normalized spacial score (nSPS) is 12.1. The number of pyridine rings is 1. The third-order valence-corrected chi connectivity index (χ3v) is 5.31. The molecule has 0 aliphatic heterocycles. The van der Waals surface area contributed by atoms with E-state index in [9.17, 15) is 13.2 Å². The van der Waals surface area contributed by atoms with Crippen LogP contribution in [0.15, 0.2) is 58.2 Å². The molecule has 2 aromatic heterocycles. The average molecular weight is 452 g/mol. The van der Waals surface area contributed by atoms with Gasteiger partial charge in [0.2, 0.25) is 0 Å². The molecule has 1 aromatic carbocycles. The van der Waals surface area contributed by atoms with Crippen LogP contribution in [0.1, 0.15) is 20.8 Å². The molecule has 0 saturated heterocycles. The third-order valence-electron chi connectivity index (χ3n) is 3.53. The van der Waals surface area contributed by atoms with Crippen LogP contribution in [0.5, 0.6) is 0 Å². The zero-order chi connectivity index (χ0) is 19.8. The molecular formula is C18H18BrN3O4S. The van der Waals surface area contributed by atoms with Gasteiger partial charge in [0.15, 0.2) is 0 Å². The minimum atomic E-state index is -4.07. The standard InChI is InChI=1S/C18H18BrN3O4S/c1-18(2,3)26-17(23)21-27(24,25)14-6-4-5-12(9-14)15-10-20-16-8-7-13(19)11-22(15)16/h4-11H,1-3H3,(H,21,23). The number of ether oxygens (including phenoxy) is 1. The highest BCUT2D eigenvalue weighted by atomic mass is 79.9. The van der Waals surface area contributed by atoms with Gasteiger partial charge in [-0.05, 0) is 61.0 Å². The smallest absolute Gasteiger partial charge is 0.421 e. The quantitative estimate of drug-likeness (QED) is 0.650. The number of carbonyl (C=O) groups excluding carboxylic acids is 1. The summed E-state index contributed by atoms with van der Waals surface area (Å²) in [6, 6.07) is 10.00. The molecule has 9 heteroatoms. The van der Waals surface area contributed by atoms with E-state index >= 15 is 0 Å². The number of aromatic nitrogens is 2. The SMILES string of the molecule is CC(C)(C)OC(=O)NS(=O)(=O)c1cccc(-c2cnc3ccc(Br)cn23)c1. The first kappa shape index (κ1) is 19.4. The van der Waals surface area contributed by atoms with Gasteiger partial charge in [0, 0.05) is 16.2 Å². The van der Waals surface area contributed by atoms with E-state index in [0.29, 0.717) is 5.56 Å². The summed E-state index contributed by atoms with van der Waals surface area (Å²) in [7, 11) is -4.07. The van der Waals surface area contributed by atoms with Gasteiger partial charge < -0.3 is 4.74 Å². The highest BCUT2D eigenvalue weighted by molar-refractivity contribution is 9.10. The number of imidazole rings is 1. The number of amides is 1. The molecule has 1 amide bonds. The highest BCUT2D eigenvalue weighted by Crippen LogP contribution is 2.25. The summed E-state index contributed by atoms with van der Waals surface area (Å²) < 4.78 is 34.7. The monoisotopic (exact) mass is 451 g/mol. The molecule has 0 saturated carbocycles. The second kappa shape index (κ2) is 6.97. The molecule has 1 N–H and O–H groups in total. The number of nitrogens with one attached hydrogen (secondary N) is 1. The van der Waals surface area contributed by atoms with Crippen molar-refractivity contribution in [2.24, 2.45) is 0 Å². The fourth-order valence-electron chi connectivity index (χ4n) is 2.46. The van der Waals surface area contributed by atoms with Gasteiger partial charge in [-0.25, -0.2) is 22.9 Å². The minimum Gasteiger partial charge on any atom is -0.443 e. The Kier molecular flexibility index (Phi) is 5.00. The maximum absolute atomic E-state index is 12.5. The molecular weight excluding hydrogens is 434 g/mol. The molecule has 27 heavy (non-hydrogen) atoms. The summed E-state index contributed by atoms with van der Waals surface area (Å²) in [6.07, 6.45) is 2.48. The lowest BCUT2D eigenvalue weighted by molar-refractivity contribution is 0.0570. The number of halogens is 1. The molecule has 0 bridgehead atoms. The first-order chi connectivity index (χ1) is 12.5. The molecule has 7 nitrogen and oxygen atoms in total. The molecule has 0 spiro atoms. The Hall–Kier alpha value is -2.39. The molecule has 3 aromatic rings. The van der Waals surface area contributed by atoms with Crippen LogP contribution in [0.25, 0.3) is 16.9 Å². The molecule has 0 radical (unpaired) electrons. The third kappa shape index (κ3) is 4.48. The van der Waals surface area contributed by atoms with Gasteiger partial charge in [0.1, 0.15) is 11.2 Å². The van der Waals surface area contributed by atoms with Crippen LogP contribution < -0.4 is 4.72 Å². The van der Waals surface area contributed by atoms with E-state index in [4.69, 9.17) is 4.74 Å². The van der Waals surface area contributed by atoms with E-state index in [-0.39, 0.29) is 4.90 Å². The first-order valence-electron chi connectivity index (χ1n) is 8.04. The molecule has 0 aliphatic rings. The number of rotatable bonds is 3. The lowest BCUT2D eigenvalue weighted by atomic mass is 10.2. The Bertz CT molecular complexity index is 1120. The molecule has 3 rings (SSSR count). The summed E-state index contributed by atoms with van der Waals surface area (Å²) >= 11 is 3.42. The number of fused-ring (bicyclic) bond motifs is 1. The molecule has 142 valence electrons. The van der Waals surface area contributed by atoms with Crippen LogP contribution in [-0.2, 0) is 14.8 Å². The Balaban J connectivity index is 1.95. The Morgan fingerprint density at radius 2 is 1.96 bits per heavy atom. The largest absolute Gasteiger partial charge is 0.443 e. The van der Waals surface area contributed by atoms with Crippen LogP contribution in [0, 0.1) is 0 Å². The van der Waals surface area contributed by atoms with Gasteiger partial charge in [-0.15, -0.1) is 0 Å². The van der Waals surface area contributed by atoms with Gasteiger partial charge in [-0.2, -0.15) is 0 Å². The summed E-state index contributed by atoms with van der Waals surface area (Å²) in [4.78, 5) is 16.1. The van der Waals surface area contributed by atoms with Crippen LogP contribution >= 0.6 is 15.9 Å². The van der Waals surface area contributed by atoms with Crippen molar-refractivity contribution in [1.29, 1.82) is 0 Å². The summed E-state index contributed by atoms with van der Waals surface area (Å²) in [6.45, 7) is 4.97. The highest BCUT2D eigenvalue weighted by Gasteiger charge is 2.23. The van der Waals surface area contributed by atoms with E-state index in [1.54, 1.807) is 39.1 Å². The molecule has 0 aliphatic carbocycles. The number of benzene rings is 1. The lowest BCUT2D eigenvalue weighted by Crippen LogP contribution is -2.36. The number of carbonyl (C=O) groups is 1. The predicted octanol–water partition coefficient (Wildman–Crippen LogP) is 3.98. The molecule has 0 unspecified atom stereocenters. The van der Waals surface area contributed by atoms with Crippen molar-refractivity contribution in [2.45, 2.75) is 31.3 Å². The fraction of sp³-hybridized carbons (Fsp3) is 0.222. The summed E-state index contributed by atoms with van der Waals surface area (Å²) in [5.41, 5.74) is 1.30. The van der Waals surface area contributed by atoms with Gasteiger partial charge in [0.25, 0.3) is 10.0 Å². The Morgan fingerprint density at radius 3 is 2.67 bits per heavy atom. The number of sulfonamides is 1. The number of hydrogen-bond donors (Lipinski definition) is 1. The second-order valence-electron chi connectivity index (χ2n) is 6.85. The van der Waals surface area contributed by atoms with E-state index in [0.717, 1.165) is 15.8 Å². The zero-order valence-electron chi connectivity index (χ0n) is 14.9. The van der Waals surface area contributed by atoms with Crippen molar-refractivity contribution in [3.05, 3.63) is 53.3 Å². The maximum Gasteiger partial charge on any atom is 0.421 e. The zero-order valence-corrected chi connectivity index (χ0v) is 17.3. The van der Waals surface area contributed by atoms with E-state index in [1.165, 1.54) is 12.1 Å². The van der Waals surface area contributed by atoms with Crippen molar-refractivity contribution < 1.29 is 17.9 Å². The van der Waals surface area contributed by atoms with Crippen molar-refractivity contribution in [2.75, 3.05) is 0 Å². The van der Waals surface area contributed by atoms with Crippen molar-refractivity contribution in [3.8, 4) is 11.3 Å². The average Bonchev–Trinajstić information content (AvgIpc) is 2.95. The van der Waals surface area contributed by atoms with E-state index in [1.807, 2.05) is 27.5 Å². The summed E-state index contributed by atoms with van der Waals surface area (Å²) in [5.74, 6) is 0. The lowest BCUT2D eigenvalue weighted by Gasteiger charge is -2.19. The van der Waals surface area contributed by atoms with Crippen molar-refractivity contribution in [1.82, 2.24) is 14.1 Å². The molecule has 0 fully saturated rings. The van der Waals surface area contributed by atoms with Gasteiger partial charge in [-0.3, -0.25) is 4.40 Å². The van der Waals surface area contributed by atoms with Gasteiger partial charge in [-0.1, -0.05) is 12.1 Å². The Labute approximate surface area is 165 Å². The van der Waals surface area contributed by atoms with Crippen molar-refractivity contribution in [3.63, 3.8) is 0 Å². The maximum atomic E-state index is 12.5. The number of nitrogens with zero attached hydrogens (tertiary/aromatic N) is 2.